The second kappa shape index (κ2) is 7.49. The predicted octanol–water partition coefficient (Wildman–Crippen LogP) is 3.68. The zero-order valence-corrected chi connectivity index (χ0v) is 14.3. The highest BCUT2D eigenvalue weighted by Gasteiger charge is 2.15. The number of halogens is 1. The lowest BCUT2D eigenvalue weighted by molar-refractivity contribution is 0.0936. The molecule has 1 heterocycles. The van der Waals surface area contributed by atoms with Crippen LogP contribution in [-0.4, -0.2) is 43.6 Å². The number of nitrogens with zero attached hydrogens (tertiary/aromatic N) is 2. The van der Waals surface area contributed by atoms with Gasteiger partial charge in [-0.15, -0.1) is 0 Å². The number of para-hydroxylation sites is 1. The van der Waals surface area contributed by atoms with Gasteiger partial charge in [-0.1, -0.05) is 24.3 Å². The van der Waals surface area contributed by atoms with E-state index in [1.54, 1.807) is 0 Å². The molecule has 0 radical (unpaired) electrons. The summed E-state index contributed by atoms with van der Waals surface area (Å²) in [6, 6.07) is 17.5. The summed E-state index contributed by atoms with van der Waals surface area (Å²) in [6.07, 6.45) is -0.892. The van der Waals surface area contributed by atoms with Crippen LogP contribution >= 0.6 is 0 Å². The molecule has 1 unspecified atom stereocenters. The van der Waals surface area contributed by atoms with Crippen molar-refractivity contribution >= 4 is 16.6 Å². The van der Waals surface area contributed by atoms with Crippen LogP contribution in [0.2, 0.25) is 0 Å². The van der Waals surface area contributed by atoms with Gasteiger partial charge >= 0.3 is 0 Å². The maximum Gasteiger partial charge on any atom is 0.150 e. The molecular formula is C20H21FN2O2. The van der Waals surface area contributed by atoms with Crippen LogP contribution in [0.4, 0.5) is 10.1 Å². The van der Waals surface area contributed by atoms with Gasteiger partial charge in [0, 0.05) is 36.8 Å². The number of hydrogen-bond donors (Lipinski definition) is 1. The zero-order valence-electron chi connectivity index (χ0n) is 14.3. The van der Waals surface area contributed by atoms with Gasteiger partial charge in [0.15, 0.2) is 0 Å². The Bertz CT molecular complexity index is 863. The van der Waals surface area contributed by atoms with E-state index in [1.807, 2.05) is 73.6 Å². The monoisotopic (exact) mass is 340 g/mol. The molecule has 5 heteroatoms. The van der Waals surface area contributed by atoms with Gasteiger partial charge in [-0.05, 0) is 24.3 Å². The number of hydrogen-bond acceptors (Lipinski definition) is 4. The molecule has 0 spiro atoms. The third-order valence-corrected chi connectivity index (χ3v) is 4.03. The quantitative estimate of drug-likeness (QED) is 0.744. The van der Waals surface area contributed by atoms with E-state index in [0.717, 1.165) is 27.8 Å². The largest absolute Gasteiger partial charge is 0.484 e. The van der Waals surface area contributed by atoms with E-state index in [2.05, 4.69) is 4.98 Å². The van der Waals surface area contributed by atoms with E-state index in [4.69, 9.17) is 4.74 Å². The van der Waals surface area contributed by atoms with Crippen molar-refractivity contribution in [1.82, 2.24) is 4.98 Å². The molecule has 1 atom stereocenters. The smallest absolute Gasteiger partial charge is 0.150 e. The second-order valence-corrected chi connectivity index (χ2v) is 6.04. The van der Waals surface area contributed by atoms with Gasteiger partial charge in [-0.2, -0.15) is 0 Å². The molecule has 0 saturated carbocycles. The fourth-order valence-corrected chi connectivity index (χ4v) is 2.61. The number of rotatable bonds is 6. The Hall–Kier alpha value is -2.66. The number of alkyl halides is 1. The van der Waals surface area contributed by atoms with Gasteiger partial charge in [-0.25, -0.2) is 9.37 Å². The van der Waals surface area contributed by atoms with Crippen molar-refractivity contribution in [2.75, 3.05) is 32.3 Å². The SMILES string of the molecule is CN(C)c1ccc(-c2ccc3ccccc3n2)c(OC(CO)CF)c1. The van der Waals surface area contributed by atoms with Gasteiger partial charge < -0.3 is 14.7 Å². The van der Waals surface area contributed by atoms with Crippen LogP contribution < -0.4 is 9.64 Å². The van der Waals surface area contributed by atoms with E-state index in [0.29, 0.717) is 5.75 Å². The molecule has 3 rings (SSSR count). The van der Waals surface area contributed by atoms with E-state index < -0.39 is 12.8 Å². The van der Waals surface area contributed by atoms with E-state index in [9.17, 15) is 9.50 Å². The van der Waals surface area contributed by atoms with Gasteiger partial charge in [0.05, 0.1) is 17.8 Å². The minimum Gasteiger partial charge on any atom is -0.484 e. The summed E-state index contributed by atoms with van der Waals surface area (Å²) in [5, 5.41) is 10.3. The van der Waals surface area contributed by atoms with Crippen molar-refractivity contribution in [3.63, 3.8) is 0 Å². The Labute approximate surface area is 146 Å². The molecule has 3 aromatic rings. The highest BCUT2D eigenvalue weighted by atomic mass is 19.1. The summed E-state index contributed by atoms with van der Waals surface area (Å²) in [7, 11) is 3.84. The normalized spacial score (nSPS) is 12.2. The summed E-state index contributed by atoms with van der Waals surface area (Å²) in [5.41, 5.74) is 3.32. The number of aromatic nitrogens is 1. The molecule has 1 aromatic heterocycles. The molecule has 130 valence electrons. The van der Waals surface area contributed by atoms with Gasteiger partial charge in [0.2, 0.25) is 0 Å². The first-order valence-corrected chi connectivity index (χ1v) is 8.13. The summed E-state index contributed by atoms with van der Waals surface area (Å²) in [4.78, 5) is 6.63. The standard InChI is InChI=1S/C20H21FN2O2/c1-23(2)15-8-9-17(20(11-15)25-16(12-21)13-24)19-10-7-14-5-3-4-6-18(14)22-19/h3-11,16,24H,12-13H2,1-2H3. The minimum atomic E-state index is -0.892. The molecule has 0 saturated heterocycles. The Kier molecular flexibility index (Phi) is 5.14. The summed E-state index contributed by atoms with van der Waals surface area (Å²) >= 11 is 0. The van der Waals surface area contributed by atoms with E-state index in [-0.39, 0.29) is 6.61 Å². The fourth-order valence-electron chi connectivity index (χ4n) is 2.61. The topological polar surface area (TPSA) is 45.6 Å². The molecule has 0 aliphatic rings. The van der Waals surface area contributed by atoms with E-state index >= 15 is 0 Å². The maximum absolute atomic E-state index is 13.0. The van der Waals surface area contributed by atoms with Crippen molar-refractivity contribution < 1.29 is 14.2 Å². The molecule has 0 amide bonds. The first-order valence-electron chi connectivity index (χ1n) is 8.13. The number of ether oxygens (including phenoxy) is 1. The Morgan fingerprint density at radius 2 is 1.92 bits per heavy atom. The highest BCUT2D eigenvalue weighted by molar-refractivity contribution is 5.83. The average molecular weight is 340 g/mol. The van der Waals surface area contributed by atoms with Crippen LogP contribution in [0.3, 0.4) is 0 Å². The first kappa shape index (κ1) is 17.2. The van der Waals surface area contributed by atoms with Crippen LogP contribution in [-0.2, 0) is 0 Å². The van der Waals surface area contributed by atoms with Gasteiger partial charge in [0.25, 0.3) is 0 Å². The van der Waals surface area contributed by atoms with Crippen molar-refractivity contribution in [1.29, 1.82) is 0 Å². The molecule has 4 nitrogen and oxygen atoms in total. The third kappa shape index (κ3) is 3.72. The van der Waals surface area contributed by atoms with Crippen LogP contribution in [0, 0.1) is 0 Å². The summed E-state index contributed by atoms with van der Waals surface area (Å²) in [6.45, 7) is -1.14. The van der Waals surface area contributed by atoms with Crippen LogP contribution in [0.1, 0.15) is 0 Å². The highest BCUT2D eigenvalue weighted by Crippen LogP contribution is 2.34. The Morgan fingerprint density at radius 3 is 2.64 bits per heavy atom. The number of aliphatic hydroxyl groups excluding tert-OH is 1. The van der Waals surface area contributed by atoms with Crippen molar-refractivity contribution in [2.24, 2.45) is 0 Å². The molecule has 25 heavy (non-hydrogen) atoms. The molecule has 0 fully saturated rings. The van der Waals surface area contributed by atoms with Crippen molar-refractivity contribution in [2.45, 2.75) is 6.10 Å². The van der Waals surface area contributed by atoms with Crippen LogP contribution in [0.15, 0.2) is 54.6 Å². The fraction of sp³-hybridized carbons (Fsp3) is 0.250. The van der Waals surface area contributed by atoms with Gasteiger partial charge in [0.1, 0.15) is 18.5 Å². The first-order chi connectivity index (χ1) is 12.1. The molecule has 0 bridgehead atoms. The Balaban J connectivity index is 2.08. The number of aliphatic hydroxyl groups is 1. The van der Waals surface area contributed by atoms with Crippen LogP contribution in [0.25, 0.3) is 22.2 Å². The number of benzene rings is 2. The van der Waals surface area contributed by atoms with E-state index in [1.165, 1.54) is 0 Å². The third-order valence-electron chi connectivity index (χ3n) is 4.03. The minimum absolute atomic E-state index is 0.382. The number of fused-ring (bicyclic) bond motifs is 1. The average Bonchev–Trinajstić information content (AvgIpc) is 2.65. The molecule has 1 N–H and O–H groups in total. The van der Waals surface area contributed by atoms with Crippen LogP contribution in [0.5, 0.6) is 5.75 Å². The summed E-state index contributed by atoms with van der Waals surface area (Å²) < 4.78 is 18.7. The Morgan fingerprint density at radius 1 is 1.12 bits per heavy atom. The number of anilines is 1. The second-order valence-electron chi connectivity index (χ2n) is 6.04. The van der Waals surface area contributed by atoms with Crippen molar-refractivity contribution in [3.8, 4) is 17.0 Å². The lowest BCUT2D eigenvalue weighted by atomic mass is 10.1. The lowest BCUT2D eigenvalue weighted by Gasteiger charge is -2.20. The molecule has 2 aromatic carbocycles. The number of pyridine rings is 1. The predicted molar refractivity (Wildman–Crippen MR) is 99.0 cm³/mol. The zero-order chi connectivity index (χ0) is 17.8. The van der Waals surface area contributed by atoms with Crippen molar-refractivity contribution in [3.05, 3.63) is 54.6 Å². The van der Waals surface area contributed by atoms with Gasteiger partial charge in [-0.3, -0.25) is 0 Å². The lowest BCUT2D eigenvalue weighted by Crippen LogP contribution is -2.23. The summed E-state index contributed by atoms with van der Waals surface area (Å²) in [5.74, 6) is 0.505. The molecule has 0 aliphatic heterocycles. The molecule has 0 aliphatic carbocycles. The maximum atomic E-state index is 13.0. The molecular weight excluding hydrogens is 319 g/mol.